The second-order valence-corrected chi connectivity index (χ2v) is 10.3. The van der Waals surface area contributed by atoms with E-state index in [9.17, 15) is 24.3 Å². The van der Waals surface area contributed by atoms with Crippen LogP contribution in [0.1, 0.15) is 84.8 Å². The number of aromatic hydroxyl groups is 1. The molecule has 0 radical (unpaired) electrons. The van der Waals surface area contributed by atoms with Gasteiger partial charge in [0.15, 0.2) is 0 Å². The van der Waals surface area contributed by atoms with Crippen LogP contribution in [0, 0.1) is 0 Å². The number of phenols is 1. The number of carbonyl (C=O) groups excluding carboxylic acids is 3. The van der Waals surface area contributed by atoms with Crippen molar-refractivity contribution in [3.8, 4) is 11.5 Å². The van der Waals surface area contributed by atoms with Gasteiger partial charge in [0.25, 0.3) is 5.56 Å². The van der Waals surface area contributed by atoms with E-state index in [1.165, 1.54) is 4.57 Å². The number of phenolic OH excluding ortho intramolecular Hbond substituents is 1. The van der Waals surface area contributed by atoms with Gasteiger partial charge in [0.1, 0.15) is 22.8 Å². The predicted molar refractivity (Wildman–Crippen MR) is 146 cm³/mol. The van der Waals surface area contributed by atoms with Gasteiger partial charge in [-0.3, -0.25) is 14.4 Å². The van der Waals surface area contributed by atoms with Crippen molar-refractivity contribution in [3.63, 3.8) is 0 Å². The van der Waals surface area contributed by atoms with E-state index in [1.807, 2.05) is 30.3 Å². The third kappa shape index (κ3) is 5.24. The number of allylic oxidation sites excluding steroid dienone is 1. The molecule has 0 bridgehead atoms. The Kier molecular flexibility index (Phi) is 7.37. The first-order valence-electron chi connectivity index (χ1n) is 13.3. The summed E-state index contributed by atoms with van der Waals surface area (Å²) >= 11 is 0. The number of aryl methyl sites for hydroxylation is 1. The van der Waals surface area contributed by atoms with Gasteiger partial charge >= 0.3 is 11.9 Å². The second-order valence-electron chi connectivity index (χ2n) is 10.3. The van der Waals surface area contributed by atoms with E-state index in [0.717, 1.165) is 10.9 Å². The van der Waals surface area contributed by atoms with Crippen molar-refractivity contribution in [3.05, 3.63) is 75.1 Å². The highest BCUT2D eigenvalue weighted by atomic mass is 16.5. The topological polar surface area (TPSA) is 112 Å². The fourth-order valence-electron chi connectivity index (χ4n) is 5.48. The molecule has 8 heteroatoms. The number of benzene rings is 2. The zero-order valence-corrected chi connectivity index (χ0v) is 22.1. The minimum absolute atomic E-state index is 0.0365. The number of nitrogens with zero attached hydrogens (tertiary/aromatic N) is 1. The number of pyridine rings is 1. The van der Waals surface area contributed by atoms with E-state index in [-0.39, 0.29) is 40.4 Å². The molecule has 0 saturated carbocycles. The summed E-state index contributed by atoms with van der Waals surface area (Å²) in [7, 11) is 1.66. The monoisotopic (exact) mass is 529 g/mol. The normalized spacial score (nSPS) is 20.5. The Morgan fingerprint density at radius 3 is 2.62 bits per heavy atom. The smallest absolute Gasteiger partial charge is 0.342 e. The molecule has 0 unspecified atom stereocenters. The van der Waals surface area contributed by atoms with Crippen molar-refractivity contribution < 1.29 is 29.0 Å². The lowest BCUT2D eigenvalue weighted by molar-refractivity contribution is -0.135. The highest BCUT2D eigenvalue weighted by Crippen LogP contribution is 2.46. The molecule has 2 aliphatic heterocycles. The van der Waals surface area contributed by atoms with E-state index >= 15 is 0 Å². The van der Waals surface area contributed by atoms with E-state index < -0.39 is 24.0 Å². The lowest BCUT2D eigenvalue weighted by Crippen LogP contribution is -2.29. The number of para-hydroxylation sites is 1. The number of ether oxygens (including phenoxy) is 2. The summed E-state index contributed by atoms with van der Waals surface area (Å²) in [5.74, 6) is -2.15. The molecule has 39 heavy (non-hydrogen) atoms. The molecule has 1 aromatic heterocycles. The molecule has 202 valence electrons. The molecule has 3 aromatic rings. The Morgan fingerprint density at radius 2 is 1.79 bits per heavy atom. The van der Waals surface area contributed by atoms with Gasteiger partial charge in [0, 0.05) is 36.9 Å². The molecule has 1 N–H and O–H groups in total. The minimum Gasteiger partial charge on any atom is -0.507 e. The zero-order chi connectivity index (χ0) is 27.7. The number of aromatic nitrogens is 1. The predicted octanol–water partition coefficient (Wildman–Crippen LogP) is 5.17. The standard InChI is InChI=1S/C31H31NO7/c1-18-9-8-13-21(33)12-5-3-4-11-20-16-25-28(29(35)27(20)31(37)38-18)22(17-26(34)39-25)23-15-19-10-6-7-14-24(19)32(2)30(23)36/h4,6-7,10-11,14-16,18,22,35H,3,5,8-9,12-13,17H2,1-2H3/t18-,22+/m0/s1. The zero-order valence-electron chi connectivity index (χ0n) is 22.1. The van der Waals surface area contributed by atoms with Crippen molar-refractivity contribution in [2.24, 2.45) is 7.05 Å². The van der Waals surface area contributed by atoms with Gasteiger partial charge in [-0.15, -0.1) is 0 Å². The number of fused-ring (bicyclic) bond motifs is 3. The lowest BCUT2D eigenvalue weighted by atomic mass is 9.83. The van der Waals surface area contributed by atoms with E-state index in [4.69, 9.17) is 9.47 Å². The maximum absolute atomic E-state index is 13.4. The second kappa shape index (κ2) is 10.9. The van der Waals surface area contributed by atoms with Crippen LogP contribution < -0.4 is 10.3 Å². The SMILES string of the molecule is C[C@H]1CCCC(=O)CCCC=Cc2cc3c(c(O)c2C(=O)O1)[C@@H](c1cc2ccccc2n(C)c1=O)CC(=O)O3. The molecule has 0 saturated heterocycles. The van der Waals surface area contributed by atoms with Crippen LogP contribution in [0.4, 0.5) is 0 Å². The molecule has 0 spiro atoms. The fourth-order valence-corrected chi connectivity index (χ4v) is 5.48. The average molecular weight is 530 g/mol. The quantitative estimate of drug-likeness (QED) is 0.342. The molecular formula is C31H31NO7. The van der Waals surface area contributed by atoms with E-state index in [1.54, 1.807) is 32.2 Å². The Labute approximate surface area is 225 Å². The van der Waals surface area contributed by atoms with Crippen LogP contribution >= 0.6 is 0 Å². The van der Waals surface area contributed by atoms with Crippen LogP contribution in [0.3, 0.4) is 0 Å². The summed E-state index contributed by atoms with van der Waals surface area (Å²) in [5, 5.41) is 12.4. The number of hydrogen-bond donors (Lipinski definition) is 1. The summed E-state index contributed by atoms with van der Waals surface area (Å²) in [6, 6.07) is 10.7. The number of Topliss-reactive ketones (excluding diaryl/α,β-unsaturated/α-hetero) is 1. The van der Waals surface area contributed by atoms with Crippen LogP contribution in [0.2, 0.25) is 0 Å². The average Bonchev–Trinajstić information content (AvgIpc) is 2.89. The Morgan fingerprint density at radius 1 is 1.03 bits per heavy atom. The van der Waals surface area contributed by atoms with Crippen LogP contribution in [-0.4, -0.2) is 33.5 Å². The molecule has 5 rings (SSSR count). The molecular weight excluding hydrogens is 498 g/mol. The van der Waals surface area contributed by atoms with Gasteiger partial charge < -0.3 is 19.1 Å². The first-order chi connectivity index (χ1) is 18.7. The van der Waals surface area contributed by atoms with Crippen LogP contribution in [0.25, 0.3) is 17.0 Å². The van der Waals surface area contributed by atoms with Crippen molar-refractivity contribution in [2.75, 3.05) is 0 Å². The third-order valence-corrected chi connectivity index (χ3v) is 7.51. The highest BCUT2D eigenvalue weighted by Gasteiger charge is 2.37. The van der Waals surface area contributed by atoms with Gasteiger partial charge in [0.2, 0.25) is 0 Å². The van der Waals surface area contributed by atoms with Crippen LogP contribution in [0.5, 0.6) is 11.5 Å². The van der Waals surface area contributed by atoms with Crippen molar-refractivity contribution in [1.29, 1.82) is 0 Å². The van der Waals surface area contributed by atoms with Gasteiger partial charge in [-0.05, 0) is 61.8 Å². The van der Waals surface area contributed by atoms with Crippen LogP contribution in [0.15, 0.2) is 47.3 Å². The molecule has 2 aromatic carbocycles. The summed E-state index contributed by atoms with van der Waals surface area (Å²) in [6.07, 6.45) is 6.16. The van der Waals surface area contributed by atoms with Gasteiger partial charge in [-0.25, -0.2) is 4.79 Å². The summed E-state index contributed by atoms with van der Waals surface area (Å²) in [4.78, 5) is 51.6. The number of cyclic esters (lactones) is 1. The fraction of sp³-hybridized carbons (Fsp3) is 0.355. The number of rotatable bonds is 1. The van der Waals surface area contributed by atoms with E-state index in [0.29, 0.717) is 49.7 Å². The van der Waals surface area contributed by atoms with Crippen LogP contribution in [-0.2, 0) is 21.4 Å². The maximum Gasteiger partial charge on any atom is 0.342 e. The first-order valence-corrected chi connectivity index (χ1v) is 13.3. The summed E-state index contributed by atoms with van der Waals surface area (Å²) < 4.78 is 12.7. The van der Waals surface area contributed by atoms with Crippen molar-refractivity contribution in [2.45, 2.75) is 63.9 Å². The molecule has 0 fully saturated rings. The largest absolute Gasteiger partial charge is 0.507 e. The highest BCUT2D eigenvalue weighted by molar-refractivity contribution is 5.98. The third-order valence-electron chi connectivity index (χ3n) is 7.51. The van der Waals surface area contributed by atoms with Gasteiger partial charge in [0.05, 0.1) is 18.0 Å². The number of carbonyl (C=O) groups is 3. The van der Waals surface area contributed by atoms with Gasteiger partial charge in [-0.1, -0.05) is 30.4 Å². The first kappa shape index (κ1) is 26.4. The molecule has 2 atom stereocenters. The molecule has 2 aliphatic rings. The van der Waals surface area contributed by atoms with Gasteiger partial charge in [-0.2, -0.15) is 0 Å². The number of esters is 2. The molecule has 0 amide bonds. The van der Waals surface area contributed by atoms with Crippen molar-refractivity contribution in [1.82, 2.24) is 4.57 Å². The minimum atomic E-state index is -0.817. The summed E-state index contributed by atoms with van der Waals surface area (Å²) in [5.41, 5.74) is 1.28. The molecule has 0 aliphatic carbocycles. The number of ketones is 1. The van der Waals surface area contributed by atoms with E-state index in [2.05, 4.69) is 0 Å². The maximum atomic E-state index is 13.4. The molecule has 3 heterocycles. The Hall–Kier alpha value is -4.20. The molecule has 8 nitrogen and oxygen atoms in total. The summed E-state index contributed by atoms with van der Waals surface area (Å²) in [6.45, 7) is 1.75. The Bertz CT molecular complexity index is 1570. The Balaban J connectivity index is 1.67. The van der Waals surface area contributed by atoms with Crippen molar-refractivity contribution >= 4 is 34.7 Å². The lowest BCUT2D eigenvalue weighted by Gasteiger charge is -2.27. The number of hydrogen-bond acceptors (Lipinski definition) is 7.